The Hall–Kier alpha value is -4.25. The summed E-state index contributed by atoms with van der Waals surface area (Å²) in [6.07, 6.45) is 3.52. The van der Waals surface area contributed by atoms with E-state index < -0.39 is 0 Å². The molecule has 5 nitrogen and oxygen atoms in total. The highest BCUT2D eigenvalue weighted by atomic mass is 16.5. The van der Waals surface area contributed by atoms with E-state index >= 15 is 0 Å². The van der Waals surface area contributed by atoms with Gasteiger partial charge >= 0.3 is 0 Å². The van der Waals surface area contributed by atoms with Gasteiger partial charge in [-0.3, -0.25) is 4.98 Å². The number of fused-ring (bicyclic) bond motifs is 1. The zero-order valence-electron chi connectivity index (χ0n) is 17.0. The van der Waals surface area contributed by atoms with E-state index in [2.05, 4.69) is 28.5 Å². The van der Waals surface area contributed by atoms with Gasteiger partial charge in [0.25, 0.3) is 0 Å². The predicted molar refractivity (Wildman–Crippen MR) is 124 cm³/mol. The minimum absolute atomic E-state index is 0.633. The van der Waals surface area contributed by atoms with Crippen LogP contribution in [0.1, 0.15) is 0 Å². The van der Waals surface area contributed by atoms with E-state index in [1.54, 1.807) is 19.5 Å². The summed E-state index contributed by atoms with van der Waals surface area (Å²) in [6, 6.07) is 28.1. The number of nitrogens with one attached hydrogen (secondary N) is 1. The van der Waals surface area contributed by atoms with Crippen molar-refractivity contribution in [3.05, 3.63) is 97.3 Å². The van der Waals surface area contributed by atoms with Gasteiger partial charge in [-0.15, -0.1) is 0 Å². The van der Waals surface area contributed by atoms with Crippen molar-refractivity contribution >= 4 is 22.4 Å². The van der Waals surface area contributed by atoms with E-state index in [0.717, 1.165) is 44.8 Å². The van der Waals surface area contributed by atoms with Crippen LogP contribution >= 0.6 is 0 Å². The van der Waals surface area contributed by atoms with Crippen molar-refractivity contribution in [1.82, 2.24) is 15.0 Å². The van der Waals surface area contributed by atoms with Gasteiger partial charge in [-0.05, 0) is 59.7 Å². The lowest BCUT2D eigenvalue weighted by Crippen LogP contribution is -2.00. The second kappa shape index (κ2) is 8.24. The number of hydrogen-bond acceptors (Lipinski definition) is 5. The van der Waals surface area contributed by atoms with Crippen LogP contribution in [-0.2, 0) is 0 Å². The first kappa shape index (κ1) is 18.8. The van der Waals surface area contributed by atoms with Crippen LogP contribution in [0.2, 0.25) is 0 Å². The summed E-state index contributed by atoms with van der Waals surface area (Å²) < 4.78 is 5.39. The summed E-state index contributed by atoms with van der Waals surface area (Å²) >= 11 is 0. The molecule has 3 aromatic carbocycles. The van der Waals surface area contributed by atoms with E-state index in [1.165, 1.54) is 0 Å². The number of methoxy groups -OCH3 is 1. The standard InChI is InChI=1S/C26H20N4O/c1-31-22-11-5-7-18(15-22)19-12-13-24-23(16-19)26(28-21-9-3-2-4-10-21)30-25(29-24)20-8-6-14-27-17-20/h2-17H,1H3,(H,28,29,30). The first-order chi connectivity index (χ1) is 15.3. The highest BCUT2D eigenvalue weighted by Crippen LogP contribution is 2.32. The maximum atomic E-state index is 5.39. The van der Waals surface area contributed by atoms with Gasteiger partial charge in [0.05, 0.1) is 12.6 Å². The third kappa shape index (κ3) is 3.94. The Morgan fingerprint density at radius 1 is 0.742 bits per heavy atom. The third-order valence-corrected chi connectivity index (χ3v) is 5.06. The molecule has 0 bridgehead atoms. The highest BCUT2D eigenvalue weighted by molar-refractivity contribution is 5.95. The summed E-state index contributed by atoms with van der Waals surface area (Å²) in [5, 5.41) is 4.40. The molecule has 150 valence electrons. The third-order valence-electron chi connectivity index (χ3n) is 5.06. The molecule has 0 saturated heterocycles. The van der Waals surface area contributed by atoms with Gasteiger partial charge in [-0.25, -0.2) is 9.97 Å². The first-order valence-corrected chi connectivity index (χ1v) is 9.99. The van der Waals surface area contributed by atoms with E-state index in [4.69, 9.17) is 14.7 Å². The quantitative estimate of drug-likeness (QED) is 0.383. The number of rotatable bonds is 5. The average Bonchev–Trinajstić information content (AvgIpc) is 2.85. The number of para-hydroxylation sites is 1. The number of hydrogen-bond donors (Lipinski definition) is 1. The maximum absolute atomic E-state index is 5.39. The van der Waals surface area contributed by atoms with Crippen LogP contribution in [0, 0.1) is 0 Å². The number of anilines is 2. The molecule has 0 saturated carbocycles. The minimum atomic E-state index is 0.633. The molecule has 2 aromatic heterocycles. The lowest BCUT2D eigenvalue weighted by Gasteiger charge is -2.13. The van der Waals surface area contributed by atoms with Crippen LogP contribution in [-0.4, -0.2) is 22.1 Å². The van der Waals surface area contributed by atoms with Crippen LogP contribution < -0.4 is 10.1 Å². The zero-order chi connectivity index (χ0) is 21.0. The van der Waals surface area contributed by atoms with Crippen molar-refractivity contribution in [3.63, 3.8) is 0 Å². The van der Waals surface area contributed by atoms with Crippen LogP contribution in [0.25, 0.3) is 33.4 Å². The molecule has 31 heavy (non-hydrogen) atoms. The largest absolute Gasteiger partial charge is 0.497 e. The summed E-state index contributed by atoms with van der Waals surface area (Å²) in [5.41, 5.74) is 4.84. The van der Waals surface area contributed by atoms with Crippen molar-refractivity contribution in [2.45, 2.75) is 0 Å². The molecule has 0 atom stereocenters. The van der Waals surface area contributed by atoms with Crippen LogP contribution in [0.5, 0.6) is 5.75 Å². The molecule has 0 spiro atoms. The van der Waals surface area contributed by atoms with Crippen molar-refractivity contribution < 1.29 is 4.74 Å². The molecule has 1 N–H and O–H groups in total. The molecule has 5 aromatic rings. The SMILES string of the molecule is COc1cccc(-c2ccc3nc(-c4cccnc4)nc(Nc4ccccc4)c3c2)c1. The van der Waals surface area contributed by atoms with Crippen LogP contribution in [0.3, 0.4) is 0 Å². The normalized spacial score (nSPS) is 10.7. The molecule has 0 fully saturated rings. The predicted octanol–water partition coefficient (Wildman–Crippen LogP) is 6.11. The number of pyridine rings is 1. The van der Waals surface area contributed by atoms with Crippen molar-refractivity contribution in [2.24, 2.45) is 0 Å². The van der Waals surface area contributed by atoms with Crippen LogP contribution in [0.4, 0.5) is 11.5 Å². The zero-order valence-corrected chi connectivity index (χ0v) is 17.0. The Labute approximate surface area is 180 Å². The molecular formula is C26H20N4O. The highest BCUT2D eigenvalue weighted by Gasteiger charge is 2.12. The van der Waals surface area contributed by atoms with Crippen molar-refractivity contribution in [1.29, 1.82) is 0 Å². The van der Waals surface area contributed by atoms with Gasteiger partial charge in [0.1, 0.15) is 11.6 Å². The molecule has 0 aliphatic carbocycles. The van der Waals surface area contributed by atoms with Gasteiger partial charge in [-0.1, -0.05) is 36.4 Å². The number of benzene rings is 3. The first-order valence-electron chi connectivity index (χ1n) is 9.99. The smallest absolute Gasteiger partial charge is 0.163 e. The fourth-order valence-electron chi connectivity index (χ4n) is 3.49. The van der Waals surface area contributed by atoms with E-state index in [-0.39, 0.29) is 0 Å². The number of aromatic nitrogens is 3. The van der Waals surface area contributed by atoms with E-state index in [9.17, 15) is 0 Å². The van der Waals surface area contributed by atoms with Crippen molar-refractivity contribution in [2.75, 3.05) is 12.4 Å². The van der Waals surface area contributed by atoms with E-state index in [1.807, 2.05) is 66.7 Å². The number of nitrogens with zero attached hydrogens (tertiary/aromatic N) is 3. The molecule has 2 heterocycles. The lowest BCUT2D eigenvalue weighted by atomic mass is 10.0. The van der Waals surface area contributed by atoms with Gasteiger partial charge in [0.2, 0.25) is 0 Å². The molecule has 5 rings (SSSR count). The summed E-state index contributed by atoms with van der Waals surface area (Å²) in [6.45, 7) is 0. The van der Waals surface area contributed by atoms with E-state index in [0.29, 0.717) is 5.82 Å². The maximum Gasteiger partial charge on any atom is 0.163 e. The monoisotopic (exact) mass is 404 g/mol. The Kier molecular flexibility index (Phi) is 4.99. The topological polar surface area (TPSA) is 59.9 Å². The van der Waals surface area contributed by atoms with Gasteiger partial charge in [0, 0.05) is 29.0 Å². The molecule has 0 amide bonds. The minimum Gasteiger partial charge on any atom is -0.497 e. The molecule has 0 aliphatic rings. The molecule has 5 heteroatoms. The van der Waals surface area contributed by atoms with Crippen molar-refractivity contribution in [3.8, 4) is 28.3 Å². The summed E-state index contributed by atoms with van der Waals surface area (Å²) in [7, 11) is 1.68. The Morgan fingerprint density at radius 3 is 2.39 bits per heavy atom. The van der Waals surface area contributed by atoms with Crippen LogP contribution in [0.15, 0.2) is 97.3 Å². The Bertz CT molecular complexity index is 1340. The molecule has 0 aliphatic heterocycles. The molecular weight excluding hydrogens is 384 g/mol. The van der Waals surface area contributed by atoms with Gasteiger partial charge < -0.3 is 10.1 Å². The van der Waals surface area contributed by atoms with Gasteiger partial charge in [0.15, 0.2) is 5.82 Å². The fourth-order valence-corrected chi connectivity index (χ4v) is 3.49. The summed E-state index contributed by atoms with van der Waals surface area (Å²) in [5.74, 6) is 2.20. The fraction of sp³-hybridized carbons (Fsp3) is 0.0385. The Balaban J connectivity index is 1.67. The second-order valence-corrected chi connectivity index (χ2v) is 7.09. The molecule has 0 unspecified atom stereocenters. The second-order valence-electron chi connectivity index (χ2n) is 7.09. The number of ether oxygens (including phenoxy) is 1. The average molecular weight is 404 g/mol. The van der Waals surface area contributed by atoms with Gasteiger partial charge in [-0.2, -0.15) is 0 Å². The Morgan fingerprint density at radius 2 is 1.58 bits per heavy atom. The lowest BCUT2D eigenvalue weighted by molar-refractivity contribution is 0.415. The summed E-state index contributed by atoms with van der Waals surface area (Å²) in [4.78, 5) is 13.9. The molecule has 0 radical (unpaired) electrons.